The molecule has 1 unspecified atom stereocenters. The van der Waals surface area contributed by atoms with Crippen molar-refractivity contribution in [1.82, 2.24) is 9.78 Å². The predicted molar refractivity (Wildman–Crippen MR) is 108 cm³/mol. The van der Waals surface area contributed by atoms with E-state index >= 15 is 0 Å². The molecule has 0 saturated heterocycles. The Hall–Kier alpha value is -2.22. The van der Waals surface area contributed by atoms with E-state index in [4.69, 9.17) is 34.7 Å². The molecule has 27 heavy (non-hydrogen) atoms. The van der Waals surface area contributed by atoms with Crippen LogP contribution in [0.4, 0.5) is 11.5 Å². The lowest BCUT2D eigenvalue weighted by molar-refractivity contribution is 0.568. The number of halogens is 2. The number of aryl methyl sites for hydroxylation is 1. The molecule has 2 aromatic carbocycles. The number of aromatic nitrogens is 2. The highest BCUT2D eigenvalue weighted by atomic mass is 35.5. The van der Waals surface area contributed by atoms with Crippen LogP contribution in [-0.4, -0.2) is 18.2 Å². The highest BCUT2D eigenvalue weighted by Gasteiger charge is 2.30. The number of anilines is 2. The topological polar surface area (TPSA) is 104 Å². The largest absolute Gasteiger partial charge is 0.396 e. The van der Waals surface area contributed by atoms with Crippen molar-refractivity contribution < 1.29 is 8.42 Å². The minimum Gasteiger partial charge on any atom is -0.396 e. The van der Waals surface area contributed by atoms with E-state index in [-0.39, 0.29) is 37.4 Å². The van der Waals surface area contributed by atoms with Gasteiger partial charge in [0.2, 0.25) is 9.84 Å². The van der Waals surface area contributed by atoms with Crippen LogP contribution in [0.15, 0.2) is 52.3 Å². The Labute approximate surface area is 167 Å². The predicted octanol–water partition coefficient (Wildman–Crippen LogP) is 4.10. The van der Waals surface area contributed by atoms with Crippen molar-refractivity contribution in [2.75, 3.05) is 11.5 Å². The third-order valence-corrected chi connectivity index (χ3v) is 6.87. The molecular weight excluding hydrogens is 407 g/mol. The smallest absolute Gasteiger partial charge is 0.212 e. The number of hydrogen-bond donors (Lipinski definition) is 2. The summed E-state index contributed by atoms with van der Waals surface area (Å²) in [6, 6.07) is 11.8. The number of sulfone groups is 1. The van der Waals surface area contributed by atoms with E-state index in [1.54, 1.807) is 6.92 Å². The van der Waals surface area contributed by atoms with Crippen LogP contribution in [0.2, 0.25) is 10.0 Å². The van der Waals surface area contributed by atoms with Crippen molar-refractivity contribution in [2.24, 2.45) is 0 Å². The zero-order valence-electron chi connectivity index (χ0n) is 14.6. The standard InChI is InChI=1S/C18H18Cl2N4O2S/c1-10-17(27(25,26)13-8-14(19)16(21)15(20)9-13)18(22)24(23-10)11(2)12-6-4-3-5-7-12/h3-9,11H,21-22H2,1-2H3. The Bertz CT molecular complexity index is 1090. The van der Waals surface area contributed by atoms with Crippen molar-refractivity contribution in [3.8, 4) is 0 Å². The van der Waals surface area contributed by atoms with Gasteiger partial charge in [0.25, 0.3) is 0 Å². The number of rotatable bonds is 4. The van der Waals surface area contributed by atoms with Gasteiger partial charge in [0.05, 0.1) is 32.4 Å². The van der Waals surface area contributed by atoms with E-state index in [2.05, 4.69) is 5.10 Å². The summed E-state index contributed by atoms with van der Waals surface area (Å²) in [7, 11) is -3.99. The maximum atomic E-state index is 13.2. The van der Waals surface area contributed by atoms with E-state index in [1.807, 2.05) is 37.3 Å². The fourth-order valence-corrected chi connectivity index (χ4v) is 5.08. The molecule has 0 spiro atoms. The minimum absolute atomic E-state index is 0.0490. The molecule has 0 aliphatic carbocycles. The van der Waals surface area contributed by atoms with Gasteiger partial charge in [-0.1, -0.05) is 53.5 Å². The normalized spacial score (nSPS) is 12.9. The Morgan fingerprint density at radius 3 is 2.19 bits per heavy atom. The summed E-state index contributed by atoms with van der Waals surface area (Å²) < 4.78 is 27.8. The fraction of sp³-hybridized carbons (Fsp3) is 0.167. The van der Waals surface area contributed by atoms with Crippen LogP contribution in [0.3, 0.4) is 0 Å². The molecule has 0 amide bonds. The molecule has 3 aromatic rings. The summed E-state index contributed by atoms with van der Waals surface area (Å²) in [4.78, 5) is -0.157. The van der Waals surface area contributed by atoms with Gasteiger partial charge in [-0.05, 0) is 31.5 Å². The van der Waals surface area contributed by atoms with Gasteiger partial charge in [-0.2, -0.15) is 5.10 Å². The van der Waals surface area contributed by atoms with Crippen molar-refractivity contribution in [3.63, 3.8) is 0 Å². The maximum Gasteiger partial charge on any atom is 0.212 e. The molecule has 1 heterocycles. The molecule has 142 valence electrons. The minimum atomic E-state index is -3.99. The van der Waals surface area contributed by atoms with Gasteiger partial charge in [-0.15, -0.1) is 0 Å². The molecule has 6 nitrogen and oxygen atoms in total. The monoisotopic (exact) mass is 424 g/mol. The summed E-state index contributed by atoms with van der Waals surface area (Å²) >= 11 is 12.0. The molecule has 0 bridgehead atoms. The van der Waals surface area contributed by atoms with Gasteiger partial charge in [0.15, 0.2) is 0 Å². The van der Waals surface area contributed by atoms with Gasteiger partial charge in [0, 0.05) is 0 Å². The van der Waals surface area contributed by atoms with E-state index in [1.165, 1.54) is 16.8 Å². The molecule has 0 aliphatic heterocycles. The van der Waals surface area contributed by atoms with Crippen molar-refractivity contribution in [2.45, 2.75) is 29.7 Å². The number of benzene rings is 2. The molecule has 3 rings (SSSR count). The van der Waals surface area contributed by atoms with Crippen molar-refractivity contribution >= 4 is 44.5 Å². The van der Waals surface area contributed by atoms with Crippen LogP contribution in [0.25, 0.3) is 0 Å². The van der Waals surface area contributed by atoms with E-state index in [0.717, 1.165) is 5.56 Å². The zero-order chi connectivity index (χ0) is 19.9. The van der Waals surface area contributed by atoms with E-state index in [0.29, 0.717) is 5.69 Å². The fourth-order valence-electron chi connectivity index (χ4n) is 2.88. The van der Waals surface area contributed by atoms with E-state index in [9.17, 15) is 8.42 Å². The van der Waals surface area contributed by atoms with Gasteiger partial charge >= 0.3 is 0 Å². The molecule has 1 atom stereocenters. The first-order valence-electron chi connectivity index (χ1n) is 8.03. The number of nitrogens with zero attached hydrogens (tertiary/aromatic N) is 2. The Morgan fingerprint density at radius 1 is 1.07 bits per heavy atom. The maximum absolute atomic E-state index is 13.2. The van der Waals surface area contributed by atoms with Crippen LogP contribution in [0, 0.1) is 6.92 Å². The average Bonchev–Trinajstić information content (AvgIpc) is 2.94. The second kappa shape index (κ2) is 7.07. The lowest BCUT2D eigenvalue weighted by Gasteiger charge is -2.14. The van der Waals surface area contributed by atoms with Crippen LogP contribution >= 0.6 is 23.2 Å². The van der Waals surface area contributed by atoms with Crippen molar-refractivity contribution in [1.29, 1.82) is 0 Å². The van der Waals surface area contributed by atoms with Gasteiger partial charge in [0.1, 0.15) is 10.7 Å². The molecule has 4 N–H and O–H groups in total. The van der Waals surface area contributed by atoms with Crippen LogP contribution < -0.4 is 11.5 Å². The third-order valence-electron chi connectivity index (χ3n) is 4.35. The molecule has 9 heteroatoms. The number of nitrogen functional groups attached to an aromatic ring is 2. The van der Waals surface area contributed by atoms with Crippen LogP contribution in [0.1, 0.15) is 24.2 Å². The highest BCUT2D eigenvalue weighted by Crippen LogP contribution is 2.36. The quantitative estimate of drug-likeness (QED) is 0.613. The zero-order valence-corrected chi connectivity index (χ0v) is 17.0. The first kappa shape index (κ1) is 19.5. The highest BCUT2D eigenvalue weighted by molar-refractivity contribution is 7.91. The summed E-state index contributed by atoms with van der Waals surface area (Å²) in [5.41, 5.74) is 13.3. The van der Waals surface area contributed by atoms with Crippen molar-refractivity contribution in [3.05, 3.63) is 63.8 Å². The molecule has 0 radical (unpaired) electrons. The lowest BCUT2D eigenvalue weighted by Crippen LogP contribution is -2.13. The molecule has 0 saturated carbocycles. The summed E-state index contributed by atoms with van der Waals surface area (Å²) in [5, 5.41) is 4.48. The first-order valence-corrected chi connectivity index (χ1v) is 10.3. The summed E-state index contributed by atoms with van der Waals surface area (Å²) in [5.74, 6) is 0.0490. The average molecular weight is 425 g/mol. The number of hydrogen-bond acceptors (Lipinski definition) is 5. The molecule has 1 aromatic heterocycles. The lowest BCUT2D eigenvalue weighted by atomic mass is 10.1. The second-order valence-electron chi connectivity index (χ2n) is 6.14. The third kappa shape index (κ3) is 3.38. The summed E-state index contributed by atoms with van der Waals surface area (Å²) in [6.07, 6.45) is 0. The summed E-state index contributed by atoms with van der Waals surface area (Å²) in [6.45, 7) is 3.49. The SMILES string of the molecule is Cc1nn(C(C)c2ccccc2)c(N)c1S(=O)(=O)c1cc(Cl)c(N)c(Cl)c1. The second-order valence-corrected chi connectivity index (χ2v) is 8.84. The van der Waals surface area contributed by atoms with Gasteiger partial charge < -0.3 is 11.5 Å². The molecule has 0 fully saturated rings. The first-order chi connectivity index (χ1) is 12.6. The Kier molecular flexibility index (Phi) is 5.12. The van der Waals surface area contributed by atoms with Crippen LogP contribution in [0.5, 0.6) is 0 Å². The molecular formula is C18H18Cl2N4O2S. The Balaban J connectivity index is 2.14. The van der Waals surface area contributed by atoms with Crippen LogP contribution in [-0.2, 0) is 9.84 Å². The molecule has 0 aliphatic rings. The van der Waals surface area contributed by atoms with E-state index < -0.39 is 9.84 Å². The van der Waals surface area contributed by atoms with Gasteiger partial charge in [-0.3, -0.25) is 0 Å². The number of nitrogens with two attached hydrogens (primary N) is 2. The van der Waals surface area contributed by atoms with Gasteiger partial charge in [-0.25, -0.2) is 13.1 Å². The Morgan fingerprint density at radius 2 is 1.63 bits per heavy atom.